The Balaban J connectivity index is 1.84. The van der Waals surface area contributed by atoms with Gasteiger partial charge in [-0.3, -0.25) is 0 Å². The zero-order valence-corrected chi connectivity index (χ0v) is 9.60. The molecule has 17 heavy (non-hydrogen) atoms. The summed E-state index contributed by atoms with van der Waals surface area (Å²) in [6, 6.07) is 6.22. The van der Waals surface area contributed by atoms with E-state index in [0.29, 0.717) is 19.0 Å². The minimum Gasteiger partial charge on any atom is -0.493 e. The molecule has 0 aromatic heterocycles. The average Bonchev–Trinajstić information content (AvgIpc) is 2.75. The van der Waals surface area contributed by atoms with Crippen molar-refractivity contribution in [2.45, 2.75) is 13.0 Å². The highest BCUT2D eigenvalue weighted by Gasteiger charge is 2.23. The molecule has 2 atom stereocenters. The fourth-order valence-electron chi connectivity index (χ4n) is 1.57. The summed E-state index contributed by atoms with van der Waals surface area (Å²) in [4.78, 5) is 4.15. The molecule has 1 aromatic carbocycles. The van der Waals surface area contributed by atoms with Crippen molar-refractivity contribution in [1.29, 1.82) is 0 Å². The van der Waals surface area contributed by atoms with E-state index in [1.165, 1.54) is 12.1 Å². The topological polar surface area (TPSA) is 56.8 Å². The van der Waals surface area contributed by atoms with Crippen molar-refractivity contribution in [2.24, 2.45) is 16.6 Å². The van der Waals surface area contributed by atoms with Gasteiger partial charge < -0.3 is 15.2 Å². The summed E-state index contributed by atoms with van der Waals surface area (Å²) in [7, 11) is 0. The molecule has 0 spiro atoms. The number of nitrogens with two attached hydrogens (primary N) is 1. The minimum atomic E-state index is -0.271. The van der Waals surface area contributed by atoms with Crippen molar-refractivity contribution in [3.63, 3.8) is 0 Å². The van der Waals surface area contributed by atoms with Gasteiger partial charge >= 0.3 is 0 Å². The third-order valence-corrected chi connectivity index (χ3v) is 2.68. The lowest BCUT2D eigenvalue weighted by atomic mass is 10.1. The zero-order valence-electron chi connectivity index (χ0n) is 9.60. The highest BCUT2D eigenvalue weighted by Crippen LogP contribution is 2.16. The molecule has 2 N–H and O–H groups in total. The first-order valence-electron chi connectivity index (χ1n) is 5.49. The third kappa shape index (κ3) is 3.09. The lowest BCUT2D eigenvalue weighted by Gasteiger charge is -2.15. The Morgan fingerprint density at radius 2 is 2.24 bits per heavy atom. The van der Waals surface area contributed by atoms with Crippen LogP contribution in [0.15, 0.2) is 29.3 Å². The number of rotatable bonds is 4. The van der Waals surface area contributed by atoms with Crippen molar-refractivity contribution < 1.29 is 13.9 Å². The summed E-state index contributed by atoms with van der Waals surface area (Å²) in [5, 5.41) is 0. The maximum absolute atomic E-state index is 12.7. The van der Waals surface area contributed by atoms with E-state index in [4.69, 9.17) is 15.2 Å². The van der Waals surface area contributed by atoms with Gasteiger partial charge in [0.15, 0.2) is 0 Å². The quantitative estimate of drug-likeness (QED) is 0.865. The van der Waals surface area contributed by atoms with Crippen molar-refractivity contribution in [3.05, 3.63) is 30.1 Å². The molecule has 1 heterocycles. The highest BCUT2D eigenvalue weighted by atomic mass is 19.1. The fourth-order valence-corrected chi connectivity index (χ4v) is 1.57. The first-order valence-corrected chi connectivity index (χ1v) is 5.49. The van der Waals surface area contributed by atoms with Crippen LogP contribution in [-0.4, -0.2) is 25.3 Å². The fraction of sp³-hybridized carbons (Fsp3) is 0.417. The van der Waals surface area contributed by atoms with Crippen molar-refractivity contribution in [2.75, 3.05) is 13.2 Å². The molecule has 1 aliphatic rings. The van der Waals surface area contributed by atoms with Crippen molar-refractivity contribution >= 4 is 6.02 Å². The normalized spacial score (nSPS) is 20.6. The van der Waals surface area contributed by atoms with Crippen LogP contribution in [0.3, 0.4) is 0 Å². The van der Waals surface area contributed by atoms with Gasteiger partial charge in [-0.15, -0.1) is 0 Å². The van der Waals surface area contributed by atoms with E-state index in [1.807, 2.05) is 6.92 Å². The summed E-state index contributed by atoms with van der Waals surface area (Å²) >= 11 is 0. The van der Waals surface area contributed by atoms with Crippen LogP contribution in [0.1, 0.15) is 6.92 Å². The van der Waals surface area contributed by atoms with E-state index < -0.39 is 0 Å². The van der Waals surface area contributed by atoms with Gasteiger partial charge in [-0.1, -0.05) is 6.92 Å². The van der Waals surface area contributed by atoms with Crippen LogP contribution in [-0.2, 0) is 4.74 Å². The molecule has 2 rings (SSSR count). The van der Waals surface area contributed by atoms with E-state index in [0.717, 1.165) is 0 Å². The van der Waals surface area contributed by atoms with Crippen LogP contribution in [0.4, 0.5) is 4.39 Å². The number of hydrogen-bond acceptors (Lipinski definition) is 4. The highest BCUT2D eigenvalue weighted by molar-refractivity contribution is 5.73. The van der Waals surface area contributed by atoms with Gasteiger partial charge in [-0.2, -0.15) is 0 Å². The van der Waals surface area contributed by atoms with E-state index in [1.54, 1.807) is 12.1 Å². The maximum atomic E-state index is 12.7. The number of amidine groups is 1. The molecule has 0 radical (unpaired) electrons. The second-order valence-corrected chi connectivity index (χ2v) is 4.09. The predicted octanol–water partition coefficient (Wildman–Crippen LogP) is 1.55. The number of ether oxygens (including phenoxy) is 2. The molecular weight excluding hydrogens is 223 g/mol. The summed E-state index contributed by atoms with van der Waals surface area (Å²) in [5.41, 5.74) is 5.43. The van der Waals surface area contributed by atoms with Crippen molar-refractivity contribution in [3.8, 4) is 5.75 Å². The van der Waals surface area contributed by atoms with E-state index in [2.05, 4.69) is 4.99 Å². The van der Waals surface area contributed by atoms with Gasteiger partial charge in [-0.05, 0) is 24.3 Å². The van der Waals surface area contributed by atoms with E-state index in [-0.39, 0.29) is 23.8 Å². The molecule has 5 heteroatoms. The summed E-state index contributed by atoms with van der Waals surface area (Å²) in [5.74, 6) is 0.571. The Kier molecular flexibility index (Phi) is 3.46. The van der Waals surface area contributed by atoms with E-state index in [9.17, 15) is 4.39 Å². The molecule has 1 aromatic rings. The molecule has 1 unspecified atom stereocenters. The molecule has 0 fully saturated rings. The Labute approximate surface area is 99.2 Å². The van der Waals surface area contributed by atoms with Crippen LogP contribution in [0, 0.1) is 11.7 Å². The van der Waals surface area contributed by atoms with Gasteiger partial charge in [0.05, 0.1) is 12.6 Å². The summed E-state index contributed by atoms with van der Waals surface area (Å²) < 4.78 is 23.3. The Morgan fingerprint density at radius 1 is 1.53 bits per heavy atom. The number of nitrogens with zero attached hydrogens (tertiary/aromatic N) is 1. The minimum absolute atomic E-state index is 0.0375. The van der Waals surface area contributed by atoms with Crippen LogP contribution >= 0.6 is 0 Å². The second kappa shape index (κ2) is 5.03. The van der Waals surface area contributed by atoms with Crippen LogP contribution in [0.25, 0.3) is 0 Å². The zero-order chi connectivity index (χ0) is 12.3. The Hall–Kier alpha value is -1.78. The van der Waals surface area contributed by atoms with Gasteiger partial charge in [0.1, 0.15) is 18.2 Å². The maximum Gasteiger partial charge on any atom is 0.282 e. The van der Waals surface area contributed by atoms with Gasteiger partial charge in [0.25, 0.3) is 6.02 Å². The second-order valence-electron chi connectivity index (χ2n) is 4.09. The van der Waals surface area contributed by atoms with Gasteiger partial charge in [0.2, 0.25) is 0 Å². The van der Waals surface area contributed by atoms with Crippen LogP contribution in [0.2, 0.25) is 0 Å². The number of aliphatic imine (C=N–C) groups is 1. The first-order chi connectivity index (χ1) is 8.15. The first kappa shape index (κ1) is 11.7. The molecule has 0 aliphatic carbocycles. The predicted molar refractivity (Wildman–Crippen MR) is 62.4 cm³/mol. The molecule has 4 nitrogen and oxygen atoms in total. The molecule has 1 aliphatic heterocycles. The molecule has 0 saturated heterocycles. The van der Waals surface area contributed by atoms with Crippen LogP contribution in [0.5, 0.6) is 5.75 Å². The van der Waals surface area contributed by atoms with Gasteiger partial charge in [0, 0.05) is 5.92 Å². The molecule has 0 amide bonds. The summed E-state index contributed by atoms with van der Waals surface area (Å²) in [6.45, 7) is 3.01. The lowest BCUT2D eigenvalue weighted by molar-refractivity contribution is 0.210. The smallest absolute Gasteiger partial charge is 0.282 e. The number of benzene rings is 1. The molecule has 92 valence electrons. The van der Waals surface area contributed by atoms with Crippen LogP contribution < -0.4 is 10.5 Å². The largest absolute Gasteiger partial charge is 0.493 e. The average molecular weight is 238 g/mol. The summed E-state index contributed by atoms with van der Waals surface area (Å²) in [6.07, 6.45) is 0. The number of halogens is 1. The standard InChI is InChI=1S/C12H15FN2O2/c1-8(11-7-17-12(14)15-11)6-16-10-4-2-9(13)3-5-10/h2-5,8,11H,6-7H2,1H3,(H2,14,15)/t8-,11?/m1/s1. The van der Waals surface area contributed by atoms with Crippen molar-refractivity contribution in [1.82, 2.24) is 0 Å². The Morgan fingerprint density at radius 3 is 2.82 bits per heavy atom. The number of hydrogen-bond donors (Lipinski definition) is 1. The van der Waals surface area contributed by atoms with E-state index >= 15 is 0 Å². The molecule has 0 bridgehead atoms. The molecule has 0 saturated carbocycles. The monoisotopic (exact) mass is 238 g/mol. The Bertz CT molecular complexity index is 405. The third-order valence-electron chi connectivity index (χ3n) is 2.68. The lowest BCUT2D eigenvalue weighted by Crippen LogP contribution is -2.23. The molecular formula is C12H15FN2O2. The SMILES string of the molecule is C[C@H](COc1ccc(F)cc1)C1COC(N)=N1. The van der Waals surface area contributed by atoms with Gasteiger partial charge in [-0.25, -0.2) is 9.38 Å².